The van der Waals surface area contributed by atoms with Crippen molar-refractivity contribution in [3.05, 3.63) is 0 Å². The van der Waals surface area contributed by atoms with Gasteiger partial charge in [-0.05, 0) is 40.5 Å². The Hall–Kier alpha value is -1.22. The Morgan fingerprint density at radius 1 is 0.714 bits per heavy atom. The third-order valence-electron chi connectivity index (χ3n) is 4.59. The zero-order valence-electron chi connectivity index (χ0n) is 17.7. The summed E-state index contributed by atoms with van der Waals surface area (Å²) in [5.41, 5.74) is -1.35. The number of carbonyl (C=O) groups excluding carboxylic acids is 2. The molecule has 8 heteroatoms. The molecule has 1 fully saturated rings. The maximum Gasteiger partial charge on any atom is 0.325 e. The van der Waals surface area contributed by atoms with Gasteiger partial charge in [-0.25, -0.2) is 0 Å². The SMILES string of the molecule is CCOCC(OCC)OC(=O)C1(C(=O)OC(COCC)OCC)CCCCC1. The van der Waals surface area contributed by atoms with Crippen molar-refractivity contribution in [1.29, 1.82) is 0 Å². The van der Waals surface area contributed by atoms with Crippen molar-refractivity contribution in [2.45, 2.75) is 72.4 Å². The Morgan fingerprint density at radius 3 is 1.50 bits per heavy atom. The van der Waals surface area contributed by atoms with Crippen molar-refractivity contribution in [3.63, 3.8) is 0 Å². The molecule has 0 amide bonds. The van der Waals surface area contributed by atoms with Crippen LogP contribution < -0.4 is 0 Å². The fraction of sp³-hybridized carbons (Fsp3) is 0.900. The molecular formula is C20H36O8. The van der Waals surface area contributed by atoms with E-state index in [9.17, 15) is 9.59 Å². The summed E-state index contributed by atoms with van der Waals surface area (Å²) < 4.78 is 32.5. The van der Waals surface area contributed by atoms with Gasteiger partial charge in [0.2, 0.25) is 12.6 Å². The van der Waals surface area contributed by atoms with E-state index in [2.05, 4.69) is 0 Å². The third-order valence-corrected chi connectivity index (χ3v) is 4.59. The molecule has 0 aromatic rings. The van der Waals surface area contributed by atoms with Gasteiger partial charge in [-0.15, -0.1) is 0 Å². The van der Waals surface area contributed by atoms with Crippen molar-refractivity contribution < 1.29 is 38.0 Å². The predicted octanol–water partition coefficient (Wildman–Crippen LogP) is 2.82. The van der Waals surface area contributed by atoms with Crippen molar-refractivity contribution >= 4 is 11.9 Å². The lowest BCUT2D eigenvalue weighted by molar-refractivity contribution is -0.217. The van der Waals surface area contributed by atoms with Gasteiger partial charge >= 0.3 is 11.9 Å². The molecule has 0 heterocycles. The van der Waals surface area contributed by atoms with Crippen LogP contribution in [0.3, 0.4) is 0 Å². The summed E-state index contributed by atoms with van der Waals surface area (Å²) in [6, 6.07) is 0. The third kappa shape index (κ3) is 7.66. The normalized spacial score (nSPS) is 18.3. The van der Waals surface area contributed by atoms with Crippen molar-refractivity contribution in [3.8, 4) is 0 Å². The molecule has 0 saturated heterocycles. The Kier molecular flexibility index (Phi) is 12.3. The summed E-state index contributed by atoms with van der Waals surface area (Å²) >= 11 is 0. The number of esters is 2. The van der Waals surface area contributed by atoms with E-state index in [1.807, 2.05) is 13.8 Å². The lowest BCUT2D eigenvalue weighted by atomic mass is 9.74. The van der Waals surface area contributed by atoms with Gasteiger partial charge in [0.15, 0.2) is 5.41 Å². The van der Waals surface area contributed by atoms with Gasteiger partial charge in [-0.3, -0.25) is 9.59 Å². The summed E-state index contributed by atoms with van der Waals surface area (Å²) in [6.45, 7) is 9.21. The molecule has 0 bridgehead atoms. The Morgan fingerprint density at radius 2 is 1.14 bits per heavy atom. The highest BCUT2D eigenvalue weighted by Crippen LogP contribution is 2.39. The predicted molar refractivity (Wildman–Crippen MR) is 102 cm³/mol. The Balaban J connectivity index is 2.89. The van der Waals surface area contributed by atoms with Gasteiger partial charge in [0.25, 0.3) is 0 Å². The van der Waals surface area contributed by atoms with Gasteiger partial charge in [0.05, 0.1) is 0 Å². The van der Waals surface area contributed by atoms with E-state index in [0.717, 1.165) is 19.3 Å². The molecule has 1 rings (SSSR count). The topological polar surface area (TPSA) is 89.5 Å². The highest BCUT2D eigenvalue weighted by Gasteiger charge is 2.51. The molecule has 0 aromatic carbocycles. The summed E-state index contributed by atoms with van der Waals surface area (Å²) in [5.74, 6) is -1.25. The van der Waals surface area contributed by atoms with Crippen LogP contribution in [0.25, 0.3) is 0 Å². The first-order valence-electron chi connectivity index (χ1n) is 10.3. The van der Waals surface area contributed by atoms with Crippen LogP contribution in [0.15, 0.2) is 0 Å². The summed E-state index contributed by atoms with van der Waals surface area (Å²) in [5, 5.41) is 0. The second-order valence-corrected chi connectivity index (χ2v) is 6.54. The zero-order valence-corrected chi connectivity index (χ0v) is 17.7. The average molecular weight is 405 g/mol. The van der Waals surface area contributed by atoms with E-state index in [0.29, 0.717) is 39.3 Å². The van der Waals surface area contributed by atoms with Crippen LogP contribution in [0.5, 0.6) is 0 Å². The molecule has 1 aliphatic carbocycles. The van der Waals surface area contributed by atoms with Crippen LogP contribution in [0.1, 0.15) is 59.8 Å². The molecule has 2 atom stereocenters. The van der Waals surface area contributed by atoms with E-state index in [-0.39, 0.29) is 13.2 Å². The van der Waals surface area contributed by atoms with E-state index >= 15 is 0 Å². The summed E-state index contributed by atoms with van der Waals surface area (Å²) in [6.07, 6.45) is 1.52. The number of hydrogen-bond donors (Lipinski definition) is 0. The maximum absolute atomic E-state index is 13.0. The minimum Gasteiger partial charge on any atom is -0.432 e. The molecule has 0 aliphatic heterocycles. The second kappa shape index (κ2) is 13.9. The summed E-state index contributed by atoms with van der Waals surface area (Å²) in [7, 11) is 0. The zero-order chi connectivity index (χ0) is 20.8. The first kappa shape index (κ1) is 24.8. The molecule has 0 aromatic heterocycles. The van der Waals surface area contributed by atoms with Crippen LogP contribution in [0.2, 0.25) is 0 Å². The minimum absolute atomic E-state index is 0.118. The molecule has 164 valence electrons. The first-order chi connectivity index (χ1) is 13.5. The number of rotatable bonds is 14. The van der Waals surface area contributed by atoms with Gasteiger partial charge < -0.3 is 28.4 Å². The highest BCUT2D eigenvalue weighted by atomic mass is 16.7. The monoisotopic (exact) mass is 404 g/mol. The average Bonchev–Trinajstić information content (AvgIpc) is 2.70. The number of carbonyl (C=O) groups is 2. The van der Waals surface area contributed by atoms with Crippen LogP contribution in [-0.2, 0) is 38.0 Å². The second-order valence-electron chi connectivity index (χ2n) is 6.54. The summed E-state index contributed by atoms with van der Waals surface area (Å²) in [4.78, 5) is 26.1. The van der Waals surface area contributed by atoms with E-state index in [4.69, 9.17) is 28.4 Å². The Bertz CT molecular complexity index is 413. The quantitative estimate of drug-likeness (QED) is 0.248. The fourth-order valence-electron chi connectivity index (χ4n) is 3.14. The van der Waals surface area contributed by atoms with Crippen LogP contribution >= 0.6 is 0 Å². The van der Waals surface area contributed by atoms with Crippen LogP contribution in [0.4, 0.5) is 0 Å². The molecule has 2 unspecified atom stereocenters. The van der Waals surface area contributed by atoms with Gasteiger partial charge in [-0.2, -0.15) is 0 Å². The van der Waals surface area contributed by atoms with Gasteiger partial charge in [-0.1, -0.05) is 19.3 Å². The van der Waals surface area contributed by atoms with Crippen molar-refractivity contribution in [2.75, 3.05) is 39.6 Å². The van der Waals surface area contributed by atoms with E-state index < -0.39 is 29.9 Å². The Labute approximate surface area is 168 Å². The van der Waals surface area contributed by atoms with Gasteiger partial charge in [0, 0.05) is 26.4 Å². The molecule has 0 radical (unpaired) electrons. The highest BCUT2D eigenvalue weighted by molar-refractivity contribution is 6.00. The standard InChI is InChI=1S/C20H36O8/c1-5-23-14-16(25-7-3)27-18(21)20(12-10-9-11-13-20)19(22)28-17(26-8-4)15-24-6-2/h16-17H,5-15H2,1-4H3. The fourth-order valence-corrected chi connectivity index (χ4v) is 3.14. The van der Waals surface area contributed by atoms with Crippen molar-refractivity contribution in [2.24, 2.45) is 5.41 Å². The largest absolute Gasteiger partial charge is 0.432 e. The first-order valence-corrected chi connectivity index (χ1v) is 10.3. The molecule has 0 N–H and O–H groups in total. The van der Waals surface area contributed by atoms with Crippen LogP contribution in [-0.4, -0.2) is 64.2 Å². The molecule has 28 heavy (non-hydrogen) atoms. The molecule has 8 nitrogen and oxygen atoms in total. The number of ether oxygens (including phenoxy) is 6. The maximum atomic E-state index is 13.0. The lowest BCUT2D eigenvalue weighted by Crippen LogP contribution is -2.47. The van der Waals surface area contributed by atoms with E-state index in [1.54, 1.807) is 13.8 Å². The minimum atomic E-state index is -1.35. The van der Waals surface area contributed by atoms with Gasteiger partial charge in [0.1, 0.15) is 13.2 Å². The van der Waals surface area contributed by atoms with E-state index in [1.165, 1.54) is 0 Å². The van der Waals surface area contributed by atoms with Crippen LogP contribution in [0, 0.1) is 5.41 Å². The molecule has 1 aliphatic rings. The van der Waals surface area contributed by atoms with Crippen molar-refractivity contribution in [1.82, 2.24) is 0 Å². The lowest BCUT2D eigenvalue weighted by Gasteiger charge is -2.34. The molecular weight excluding hydrogens is 368 g/mol. The number of hydrogen-bond acceptors (Lipinski definition) is 8. The molecule has 0 spiro atoms. The smallest absolute Gasteiger partial charge is 0.325 e. The molecule has 1 saturated carbocycles.